The largest absolute Gasteiger partial charge is 0.394 e. The summed E-state index contributed by atoms with van der Waals surface area (Å²) in [5, 5.41) is 0. The Morgan fingerprint density at radius 3 is 0.600 bits per heavy atom. The van der Waals surface area contributed by atoms with Crippen LogP contribution in [0.1, 0.15) is 262 Å². The highest BCUT2D eigenvalue weighted by Crippen LogP contribution is 2.51. The fourth-order valence-corrected chi connectivity index (χ4v) is 5.87. The van der Waals surface area contributed by atoms with E-state index in [1.807, 2.05) is 41.5 Å². The van der Waals surface area contributed by atoms with E-state index in [1.165, 1.54) is 55.4 Å². The summed E-state index contributed by atoms with van der Waals surface area (Å²) in [4.78, 5) is 0. The Hall–Kier alpha value is -1.47. The molecule has 0 aliphatic heterocycles. The summed E-state index contributed by atoms with van der Waals surface area (Å²) in [6.45, 7) is 59.2. The first-order valence-electron chi connectivity index (χ1n) is 29.6. The van der Waals surface area contributed by atoms with Crippen LogP contribution < -0.4 is 0 Å². The summed E-state index contributed by atoms with van der Waals surface area (Å²) >= 11 is 0. The SMILES string of the molecule is CC(C)(C)C(C)(C)C(F)(F)F.CC(C)(C)C(C)(C)C(F)(F)F.CC(C)C(C)(C)C(C)C(F)(F)F.CC(C)C(C)C(C)(C)C.CC(C)[C@@H](C)C(C)C(F)(F)F.CC(C)[C@@H](C)C(C)C(F)(F)F.CCC(C)(C)CC(F)(F)F.CCC(C)[C@@H](C)C(F)(F)F. The van der Waals surface area contributed by atoms with Gasteiger partial charge in [-0.25, -0.2) is 0 Å². The highest BCUT2D eigenvalue weighted by molar-refractivity contribution is 4.89. The van der Waals surface area contributed by atoms with Crippen molar-refractivity contribution in [3.63, 3.8) is 0 Å². The predicted octanol–water partition coefficient (Wildman–Crippen LogP) is 28.0. The Morgan fingerprint density at radius 1 is 0.306 bits per heavy atom. The molecule has 526 valence electrons. The molecule has 21 heteroatoms. The molecule has 0 amide bonds. The van der Waals surface area contributed by atoms with Crippen LogP contribution in [0.15, 0.2) is 0 Å². The van der Waals surface area contributed by atoms with Gasteiger partial charge in [0.25, 0.3) is 0 Å². The molecule has 0 rings (SSSR count). The summed E-state index contributed by atoms with van der Waals surface area (Å²) in [5.74, 6) is -3.81. The summed E-state index contributed by atoms with van der Waals surface area (Å²) in [7, 11) is 0. The molecule has 0 radical (unpaired) electrons. The molecule has 0 aromatic heterocycles. The molecule has 0 saturated heterocycles. The molecule has 0 nitrogen and oxygen atoms in total. The molecule has 85 heavy (non-hydrogen) atoms. The summed E-state index contributed by atoms with van der Waals surface area (Å²) in [6.07, 6.45) is -28.0. The Balaban J connectivity index is -0.000000133. The molecule has 8 atom stereocenters. The third-order valence-corrected chi connectivity index (χ3v) is 19.0. The van der Waals surface area contributed by atoms with E-state index in [-0.39, 0.29) is 35.5 Å². The third-order valence-electron chi connectivity index (χ3n) is 19.0. The minimum Gasteiger partial charge on any atom is -0.171 e. The molecule has 0 aliphatic rings. The van der Waals surface area contributed by atoms with Gasteiger partial charge in [-0.2, -0.15) is 92.2 Å². The molecule has 0 saturated carbocycles. The normalized spacial score (nSPS) is 16.7. The molecule has 0 aromatic rings. The molecule has 0 spiro atoms. The predicted molar refractivity (Wildman–Crippen MR) is 314 cm³/mol. The van der Waals surface area contributed by atoms with Crippen LogP contribution in [-0.2, 0) is 0 Å². The van der Waals surface area contributed by atoms with Gasteiger partial charge in [0.05, 0.1) is 34.5 Å². The maximum absolute atomic E-state index is 12.3. The van der Waals surface area contributed by atoms with Crippen molar-refractivity contribution in [3.8, 4) is 0 Å². The van der Waals surface area contributed by atoms with E-state index in [0.717, 1.165) is 11.8 Å². The van der Waals surface area contributed by atoms with E-state index in [2.05, 4.69) is 41.5 Å². The van der Waals surface area contributed by atoms with Gasteiger partial charge in [0, 0.05) is 6.42 Å². The van der Waals surface area contributed by atoms with Gasteiger partial charge >= 0.3 is 43.2 Å². The van der Waals surface area contributed by atoms with Crippen LogP contribution in [0.3, 0.4) is 0 Å². The Bertz CT molecular complexity index is 1560. The molecule has 0 N–H and O–H groups in total. The number of hydrogen-bond acceptors (Lipinski definition) is 0. The Kier molecular flexibility index (Phi) is 43.6. The highest BCUT2D eigenvalue weighted by Gasteiger charge is 2.55. The minimum absolute atomic E-state index is 0.0362. The zero-order chi connectivity index (χ0) is 72.0. The van der Waals surface area contributed by atoms with E-state index < -0.39 is 106 Å². The van der Waals surface area contributed by atoms with Gasteiger partial charge in [-0.3, -0.25) is 0 Å². The van der Waals surface area contributed by atoms with Crippen molar-refractivity contribution in [1.82, 2.24) is 0 Å². The molecule has 0 bridgehead atoms. The fraction of sp³-hybridized carbons (Fsp3) is 1.00. The topological polar surface area (TPSA) is 0 Å². The average molecular weight is 1290 g/mol. The minimum atomic E-state index is -4.12. The number of hydrogen-bond donors (Lipinski definition) is 0. The third kappa shape index (κ3) is 43.0. The van der Waals surface area contributed by atoms with Crippen molar-refractivity contribution in [2.75, 3.05) is 0 Å². The first-order valence-corrected chi connectivity index (χ1v) is 29.6. The van der Waals surface area contributed by atoms with Gasteiger partial charge in [0.1, 0.15) is 0 Å². The van der Waals surface area contributed by atoms with Crippen molar-refractivity contribution >= 4 is 0 Å². The zero-order valence-electron chi connectivity index (χ0n) is 59.0. The summed E-state index contributed by atoms with van der Waals surface area (Å²) < 4.78 is 254. The summed E-state index contributed by atoms with van der Waals surface area (Å²) in [5.41, 5.74) is -5.54. The maximum Gasteiger partial charge on any atom is 0.394 e. The summed E-state index contributed by atoms with van der Waals surface area (Å²) in [6, 6.07) is 0. The lowest BCUT2D eigenvalue weighted by atomic mass is 9.69. The number of rotatable bonds is 11. The van der Waals surface area contributed by atoms with Crippen molar-refractivity contribution in [2.45, 2.75) is 305 Å². The van der Waals surface area contributed by atoms with Crippen molar-refractivity contribution in [1.29, 1.82) is 0 Å². The van der Waals surface area contributed by atoms with Crippen molar-refractivity contribution in [3.05, 3.63) is 0 Å². The first-order chi connectivity index (χ1) is 36.1. The lowest BCUT2D eigenvalue weighted by Crippen LogP contribution is -2.43. The van der Waals surface area contributed by atoms with Crippen LogP contribution >= 0.6 is 0 Å². The monoisotopic (exact) mass is 1290 g/mol. The van der Waals surface area contributed by atoms with E-state index in [4.69, 9.17) is 0 Å². The molecule has 0 heterocycles. The van der Waals surface area contributed by atoms with Gasteiger partial charge in [-0.05, 0) is 74.4 Å². The smallest absolute Gasteiger partial charge is 0.171 e. The Morgan fingerprint density at radius 2 is 0.553 bits per heavy atom. The average Bonchev–Trinajstić information content (AvgIpc) is 3.24. The second-order valence-corrected chi connectivity index (χ2v) is 30.3. The van der Waals surface area contributed by atoms with E-state index in [9.17, 15) is 92.2 Å². The van der Waals surface area contributed by atoms with Gasteiger partial charge in [-0.15, -0.1) is 0 Å². The molecule has 5 unspecified atom stereocenters. The molecular weight excluding hydrogens is 1170 g/mol. The lowest BCUT2D eigenvalue weighted by molar-refractivity contribution is -0.244. The lowest BCUT2D eigenvalue weighted by Gasteiger charge is -2.40. The van der Waals surface area contributed by atoms with Crippen LogP contribution in [-0.4, -0.2) is 43.2 Å². The van der Waals surface area contributed by atoms with Crippen LogP contribution in [0.4, 0.5) is 92.2 Å². The number of alkyl halides is 21. The molecule has 0 fully saturated rings. The van der Waals surface area contributed by atoms with Gasteiger partial charge in [-0.1, -0.05) is 255 Å². The second-order valence-electron chi connectivity index (χ2n) is 30.3. The zero-order valence-corrected chi connectivity index (χ0v) is 59.0. The van der Waals surface area contributed by atoms with Crippen LogP contribution in [0, 0.1) is 109 Å². The molecule has 0 aliphatic carbocycles. The number of halogens is 21. The molecular formula is C64H123F21. The van der Waals surface area contributed by atoms with Crippen LogP contribution in [0.5, 0.6) is 0 Å². The van der Waals surface area contributed by atoms with Crippen molar-refractivity contribution < 1.29 is 92.2 Å². The quantitative estimate of drug-likeness (QED) is 0.181. The van der Waals surface area contributed by atoms with Crippen molar-refractivity contribution in [2.24, 2.45) is 109 Å². The second kappa shape index (κ2) is 37.1. The maximum atomic E-state index is 12.3. The Labute approximate surface area is 504 Å². The standard InChI is InChI=1S/C9H17F3.C9H20.4C8H15F3.2C7H13F3/c1-6(2)8(4,5)7(3)9(10,11)12;1-7(2)8(3)9(4,5)6;2*1-6(2,3)7(4,5)8(9,10)11;2*1-5(2)6(3)7(4)8(9,10)11;1-4-6(2,3)5-7(8,9)10;1-4-5(2)6(3)7(8,9)10/h6-7H,1-5H3;7-8H,1-6H3;2*1-5H3;2*5-7H,1-4H3;4-5H2,1-3H3;5-6H,4H2,1-3H3/t;;;;2*6-,7?;;5?,6-/m....11.1/s1. The van der Waals surface area contributed by atoms with Crippen LogP contribution in [0.2, 0.25) is 0 Å². The highest BCUT2D eigenvalue weighted by atomic mass is 19.4. The van der Waals surface area contributed by atoms with Gasteiger partial charge in [0.2, 0.25) is 0 Å². The van der Waals surface area contributed by atoms with Gasteiger partial charge < -0.3 is 0 Å². The fourth-order valence-electron chi connectivity index (χ4n) is 5.87. The van der Waals surface area contributed by atoms with E-state index in [1.54, 1.807) is 104 Å². The first kappa shape index (κ1) is 99.7. The van der Waals surface area contributed by atoms with E-state index in [0.29, 0.717) is 18.3 Å². The van der Waals surface area contributed by atoms with Gasteiger partial charge in [0.15, 0.2) is 0 Å². The van der Waals surface area contributed by atoms with Crippen LogP contribution in [0.25, 0.3) is 0 Å². The van der Waals surface area contributed by atoms with E-state index >= 15 is 0 Å². The molecule has 0 aromatic carbocycles.